The van der Waals surface area contributed by atoms with Gasteiger partial charge in [0.05, 0.1) is 23.0 Å². The van der Waals surface area contributed by atoms with Gasteiger partial charge in [-0.1, -0.05) is 11.2 Å². The summed E-state index contributed by atoms with van der Waals surface area (Å²) in [5, 5.41) is 1.11. The summed E-state index contributed by atoms with van der Waals surface area (Å²) < 4.78 is 11.1. The minimum atomic E-state index is -0.636. The van der Waals surface area contributed by atoms with E-state index in [1.54, 1.807) is 0 Å². The maximum Gasteiger partial charge on any atom is 0.160 e. The molecule has 1 aromatic heterocycles. The maximum atomic E-state index is 11.1. The third-order valence-electron chi connectivity index (χ3n) is 2.22. The third kappa shape index (κ3) is 2.10. The summed E-state index contributed by atoms with van der Waals surface area (Å²) in [5.74, 6) is 1.49. The van der Waals surface area contributed by atoms with E-state index in [1.165, 1.54) is 11.3 Å². The molecule has 0 unspecified atom stereocenters. The lowest BCUT2D eigenvalue weighted by molar-refractivity contribution is 0.112. The summed E-state index contributed by atoms with van der Waals surface area (Å²) in [7, 11) is 0. The van der Waals surface area contributed by atoms with Gasteiger partial charge in [0.15, 0.2) is 6.29 Å². The Hall–Kier alpha value is -0.520. The quantitative estimate of drug-likeness (QED) is 0.564. The summed E-state index contributed by atoms with van der Waals surface area (Å²) >= 11 is 0.863. The number of thiophene rings is 1. The van der Waals surface area contributed by atoms with Gasteiger partial charge in [0.2, 0.25) is 0 Å². The first-order valence-corrected chi connectivity index (χ1v) is 6.75. The van der Waals surface area contributed by atoms with E-state index in [-0.39, 0.29) is 0 Å². The predicted octanol–water partition coefficient (Wildman–Crippen LogP) is 1.13. The highest BCUT2D eigenvalue weighted by molar-refractivity contribution is 7.91. The summed E-state index contributed by atoms with van der Waals surface area (Å²) in [6.07, 6.45) is 0.871. The van der Waals surface area contributed by atoms with Gasteiger partial charge in [0.1, 0.15) is 11.5 Å². The van der Waals surface area contributed by atoms with E-state index in [0.717, 1.165) is 40.8 Å². The molecule has 0 aromatic carbocycles. The largest absolute Gasteiger partial charge is 0.616 e. The van der Waals surface area contributed by atoms with E-state index in [0.29, 0.717) is 0 Å². The van der Waals surface area contributed by atoms with E-state index in [1.807, 2.05) is 12.1 Å². The Labute approximate surface area is 89.9 Å². The van der Waals surface area contributed by atoms with Crippen LogP contribution in [0, 0.1) is 0 Å². The fourth-order valence-corrected chi connectivity index (χ4v) is 3.36. The first-order valence-electron chi connectivity index (χ1n) is 4.44. The zero-order valence-corrected chi connectivity index (χ0v) is 9.27. The van der Waals surface area contributed by atoms with Gasteiger partial charge in [0.25, 0.3) is 0 Å². The van der Waals surface area contributed by atoms with Gasteiger partial charge >= 0.3 is 0 Å². The predicted molar refractivity (Wildman–Crippen MR) is 59.8 cm³/mol. The van der Waals surface area contributed by atoms with Crippen molar-refractivity contribution in [2.24, 2.45) is 0 Å². The summed E-state index contributed by atoms with van der Waals surface area (Å²) in [6, 6.07) is 3.79. The number of rotatable bonds is 2. The molecule has 5 heteroatoms. The van der Waals surface area contributed by atoms with Crippen molar-refractivity contribution in [2.45, 2.75) is 0 Å². The molecule has 1 aliphatic heterocycles. The van der Waals surface area contributed by atoms with Gasteiger partial charge in [0, 0.05) is 0 Å². The van der Waals surface area contributed by atoms with Crippen LogP contribution in [0.2, 0.25) is 0 Å². The summed E-state index contributed by atoms with van der Waals surface area (Å²) in [5.41, 5.74) is 0. The van der Waals surface area contributed by atoms with Crippen LogP contribution in [0.5, 0.6) is 0 Å². The molecule has 1 aromatic rings. The van der Waals surface area contributed by atoms with Gasteiger partial charge in [-0.3, -0.25) is 4.79 Å². The monoisotopic (exact) mass is 229 g/mol. The van der Waals surface area contributed by atoms with Crippen molar-refractivity contribution in [1.82, 2.24) is 0 Å². The average Bonchev–Trinajstić information content (AvgIpc) is 2.67. The molecule has 0 aliphatic carbocycles. The molecule has 1 fully saturated rings. The Balaban J connectivity index is 2.04. The number of hydrogen-bond donors (Lipinski definition) is 0. The topological polar surface area (TPSA) is 43.4 Å². The van der Waals surface area contributed by atoms with Crippen molar-refractivity contribution in [2.75, 3.05) is 29.5 Å². The van der Waals surface area contributed by atoms with Crippen LogP contribution in [0.15, 0.2) is 12.1 Å². The number of anilines is 1. The van der Waals surface area contributed by atoms with E-state index in [9.17, 15) is 9.35 Å². The number of nitrogens with zero attached hydrogens (tertiary/aromatic N) is 1. The number of hydrogen-bond acceptors (Lipinski definition) is 4. The summed E-state index contributed by atoms with van der Waals surface area (Å²) in [4.78, 5) is 13.4. The van der Waals surface area contributed by atoms with Crippen LogP contribution in [-0.2, 0) is 11.2 Å². The van der Waals surface area contributed by atoms with Gasteiger partial charge in [-0.15, -0.1) is 11.3 Å². The zero-order chi connectivity index (χ0) is 9.97. The maximum absolute atomic E-state index is 11.1. The van der Waals surface area contributed by atoms with Crippen molar-refractivity contribution in [3.63, 3.8) is 0 Å². The van der Waals surface area contributed by atoms with Gasteiger partial charge < -0.3 is 9.45 Å². The second-order valence-electron chi connectivity index (χ2n) is 3.13. The number of carbonyl (C=O) groups is 1. The molecule has 3 nitrogen and oxygen atoms in total. The Bertz CT molecular complexity index is 318. The van der Waals surface area contributed by atoms with Crippen LogP contribution < -0.4 is 4.90 Å². The highest BCUT2D eigenvalue weighted by atomic mass is 32.2. The molecule has 0 saturated carbocycles. The third-order valence-corrected chi connectivity index (χ3v) is 4.57. The van der Waals surface area contributed by atoms with E-state index in [4.69, 9.17) is 0 Å². The lowest BCUT2D eigenvalue weighted by Gasteiger charge is -2.28. The normalized spacial score (nSPS) is 18.5. The standard InChI is InChI=1S/C9H11NO2S2/c11-7-8-1-2-9(13-8)10-3-5-14(12)6-4-10/h1-2,7H,3-6H2. The van der Waals surface area contributed by atoms with Crippen LogP contribution in [0.1, 0.15) is 9.67 Å². The van der Waals surface area contributed by atoms with Crippen molar-refractivity contribution in [3.8, 4) is 0 Å². The molecule has 1 saturated heterocycles. The van der Waals surface area contributed by atoms with Crippen LogP contribution in [0.4, 0.5) is 5.00 Å². The molecule has 76 valence electrons. The van der Waals surface area contributed by atoms with Gasteiger partial charge in [-0.2, -0.15) is 0 Å². The highest BCUT2D eigenvalue weighted by Gasteiger charge is 2.20. The van der Waals surface area contributed by atoms with Crippen LogP contribution >= 0.6 is 11.3 Å². The van der Waals surface area contributed by atoms with E-state index in [2.05, 4.69) is 4.90 Å². The van der Waals surface area contributed by atoms with Crippen LogP contribution in [0.3, 0.4) is 0 Å². The molecule has 0 N–H and O–H groups in total. The molecule has 0 radical (unpaired) electrons. The minimum absolute atomic E-state index is 0.636. The van der Waals surface area contributed by atoms with Crippen molar-refractivity contribution in [3.05, 3.63) is 17.0 Å². The fraction of sp³-hybridized carbons (Fsp3) is 0.444. The second-order valence-corrected chi connectivity index (χ2v) is 5.92. The zero-order valence-electron chi connectivity index (χ0n) is 7.64. The lowest BCUT2D eigenvalue weighted by atomic mass is 10.4. The molecule has 0 bridgehead atoms. The molecule has 2 heterocycles. The SMILES string of the molecule is O=Cc1ccc(N2CC[S+]([O-])CC2)s1. The molecule has 2 rings (SSSR count). The molecule has 0 amide bonds. The van der Waals surface area contributed by atoms with E-state index >= 15 is 0 Å². The second kappa shape index (κ2) is 4.33. The molecule has 0 atom stereocenters. The first-order chi connectivity index (χ1) is 6.79. The van der Waals surface area contributed by atoms with Crippen LogP contribution in [-0.4, -0.2) is 35.4 Å². The Morgan fingerprint density at radius 2 is 2.14 bits per heavy atom. The molecule has 1 aliphatic rings. The molecule has 0 spiro atoms. The van der Waals surface area contributed by atoms with Crippen molar-refractivity contribution < 1.29 is 9.35 Å². The highest BCUT2D eigenvalue weighted by Crippen LogP contribution is 2.26. The molecular weight excluding hydrogens is 218 g/mol. The van der Waals surface area contributed by atoms with Crippen LogP contribution in [0.25, 0.3) is 0 Å². The van der Waals surface area contributed by atoms with Gasteiger partial charge in [-0.25, -0.2) is 0 Å². The Morgan fingerprint density at radius 3 is 2.71 bits per heavy atom. The first kappa shape index (κ1) is 10.0. The number of aldehydes is 1. The fourth-order valence-electron chi connectivity index (χ4n) is 1.43. The van der Waals surface area contributed by atoms with Crippen molar-refractivity contribution in [1.29, 1.82) is 0 Å². The lowest BCUT2D eigenvalue weighted by Crippen LogP contribution is -2.39. The van der Waals surface area contributed by atoms with Crippen molar-refractivity contribution >= 4 is 33.8 Å². The molecular formula is C9H11NO2S2. The Kier molecular flexibility index (Phi) is 3.10. The Morgan fingerprint density at radius 1 is 1.43 bits per heavy atom. The smallest absolute Gasteiger partial charge is 0.160 e. The molecule has 14 heavy (non-hydrogen) atoms. The average molecular weight is 229 g/mol. The number of carbonyl (C=O) groups excluding carboxylic acids is 1. The van der Waals surface area contributed by atoms with Gasteiger partial charge in [-0.05, 0) is 12.1 Å². The minimum Gasteiger partial charge on any atom is -0.616 e. The summed E-state index contributed by atoms with van der Waals surface area (Å²) in [6.45, 7) is 1.68. The van der Waals surface area contributed by atoms with E-state index < -0.39 is 11.2 Å².